The number of pyridine rings is 1. The van der Waals surface area contributed by atoms with Gasteiger partial charge in [-0.25, -0.2) is 17.9 Å². The third-order valence-electron chi connectivity index (χ3n) is 6.06. The molecule has 8 nitrogen and oxygen atoms in total. The zero-order valence-corrected chi connectivity index (χ0v) is 21.4. The molecular weight excluding hydrogens is 497 g/mol. The lowest BCUT2D eigenvalue weighted by Crippen LogP contribution is -2.23. The van der Waals surface area contributed by atoms with Crippen LogP contribution in [-0.2, 0) is 21.4 Å². The van der Waals surface area contributed by atoms with Crippen LogP contribution in [0.2, 0.25) is 0 Å². The molecule has 1 amide bonds. The van der Waals surface area contributed by atoms with E-state index in [4.69, 9.17) is 14.6 Å². The first-order valence-electron chi connectivity index (χ1n) is 11.3. The smallest absolute Gasteiger partial charge is 0.245 e. The molecule has 3 N–H and O–H groups in total. The summed E-state index contributed by atoms with van der Waals surface area (Å²) in [6.45, 7) is 2.14. The number of ether oxygens (including phenoxy) is 2. The third-order valence-corrected chi connectivity index (χ3v) is 7.03. The lowest BCUT2D eigenvalue weighted by molar-refractivity contribution is -0.120. The summed E-state index contributed by atoms with van der Waals surface area (Å²) in [5, 5.41) is 8.22. The van der Waals surface area contributed by atoms with E-state index in [0.717, 1.165) is 22.4 Å². The SMILES string of the molecule is COc1cc(/C=C2/C(C)=C(CC(=O)NCc3ccccn3)c3cc(F)ccc32)cc(OC)c1S(N)(=O)=O. The summed E-state index contributed by atoms with van der Waals surface area (Å²) < 4.78 is 49.0. The van der Waals surface area contributed by atoms with Gasteiger partial charge in [0.05, 0.1) is 32.9 Å². The molecule has 2 aromatic carbocycles. The number of carbonyl (C=O) groups excluding carboxylic acids is 1. The number of halogens is 1. The van der Waals surface area contributed by atoms with Gasteiger partial charge in [0.25, 0.3) is 0 Å². The van der Waals surface area contributed by atoms with Gasteiger partial charge in [0.15, 0.2) is 4.90 Å². The van der Waals surface area contributed by atoms with E-state index >= 15 is 0 Å². The number of fused-ring (bicyclic) bond motifs is 1. The summed E-state index contributed by atoms with van der Waals surface area (Å²) >= 11 is 0. The van der Waals surface area contributed by atoms with Crippen molar-refractivity contribution < 1.29 is 27.1 Å². The molecule has 1 aliphatic rings. The maximum Gasteiger partial charge on any atom is 0.245 e. The molecule has 3 aromatic rings. The second kappa shape index (κ2) is 10.5. The Labute approximate surface area is 214 Å². The molecule has 192 valence electrons. The van der Waals surface area contributed by atoms with Crippen LogP contribution in [0.25, 0.3) is 17.2 Å². The number of nitrogens with one attached hydrogen (secondary N) is 1. The quantitative estimate of drug-likeness (QED) is 0.462. The monoisotopic (exact) mass is 523 g/mol. The molecule has 0 atom stereocenters. The highest BCUT2D eigenvalue weighted by atomic mass is 32.2. The number of benzene rings is 2. The van der Waals surface area contributed by atoms with Crippen LogP contribution in [0.15, 0.2) is 65.2 Å². The fourth-order valence-corrected chi connectivity index (χ4v) is 5.17. The number of sulfonamides is 1. The van der Waals surface area contributed by atoms with E-state index in [1.807, 2.05) is 25.1 Å². The van der Waals surface area contributed by atoms with E-state index in [0.29, 0.717) is 16.7 Å². The van der Waals surface area contributed by atoms with Gasteiger partial charge in [-0.3, -0.25) is 9.78 Å². The lowest BCUT2D eigenvalue weighted by atomic mass is 10.0. The van der Waals surface area contributed by atoms with Crippen molar-refractivity contribution in [1.29, 1.82) is 0 Å². The molecule has 0 unspecified atom stereocenters. The average molecular weight is 524 g/mol. The second-order valence-corrected chi connectivity index (χ2v) is 9.92. The molecule has 0 bridgehead atoms. The molecule has 0 saturated carbocycles. The molecule has 10 heteroatoms. The van der Waals surface area contributed by atoms with Crippen molar-refractivity contribution in [3.63, 3.8) is 0 Å². The normalized spacial score (nSPS) is 14.0. The first kappa shape index (κ1) is 26.1. The zero-order chi connectivity index (χ0) is 26.7. The number of primary sulfonamides is 1. The molecule has 0 saturated heterocycles. The molecular formula is C27H26FN3O5S. The number of carbonyl (C=O) groups is 1. The van der Waals surface area contributed by atoms with Gasteiger partial charge in [-0.05, 0) is 82.8 Å². The Bertz CT molecular complexity index is 1510. The van der Waals surface area contributed by atoms with Crippen molar-refractivity contribution in [2.45, 2.75) is 24.8 Å². The number of methoxy groups -OCH3 is 2. The van der Waals surface area contributed by atoms with Gasteiger partial charge >= 0.3 is 0 Å². The van der Waals surface area contributed by atoms with E-state index < -0.39 is 15.8 Å². The Kier molecular flexibility index (Phi) is 7.42. The van der Waals surface area contributed by atoms with Crippen molar-refractivity contribution in [2.24, 2.45) is 5.14 Å². The highest BCUT2D eigenvalue weighted by Crippen LogP contribution is 2.44. The van der Waals surface area contributed by atoms with Crippen LogP contribution in [0.5, 0.6) is 11.5 Å². The minimum Gasteiger partial charge on any atom is -0.495 e. The number of hydrogen-bond donors (Lipinski definition) is 2. The van der Waals surface area contributed by atoms with Gasteiger partial charge in [0.2, 0.25) is 15.9 Å². The Balaban J connectivity index is 1.73. The first-order valence-corrected chi connectivity index (χ1v) is 12.8. The molecule has 4 rings (SSSR count). The standard InChI is InChI=1S/C27H26FN3O5S/c1-16-21(10-17-11-24(35-2)27(37(29,33)34)25(12-17)36-3)20-8-7-18(28)13-23(20)22(16)14-26(32)31-15-19-6-4-5-9-30-19/h4-13H,14-15H2,1-3H3,(H,31,32)(H2,29,33,34)/b21-10-. The maximum atomic E-state index is 14.2. The van der Waals surface area contributed by atoms with Crippen LogP contribution in [-0.4, -0.2) is 33.5 Å². The van der Waals surface area contributed by atoms with Crippen molar-refractivity contribution in [3.8, 4) is 11.5 Å². The van der Waals surface area contributed by atoms with Gasteiger partial charge in [-0.2, -0.15) is 0 Å². The Morgan fingerprint density at radius 2 is 1.78 bits per heavy atom. The number of nitrogens with zero attached hydrogens (tertiary/aromatic N) is 1. The van der Waals surface area contributed by atoms with Gasteiger partial charge in [0.1, 0.15) is 17.3 Å². The summed E-state index contributed by atoms with van der Waals surface area (Å²) in [7, 11) is -1.45. The Hall–Kier alpha value is -4.02. The number of amides is 1. The van der Waals surface area contributed by atoms with Gasteiger partial charge < -0.3 is 14.8 Å². The highest BCUT2D eigenvalue weighted by Gasteiger charge is 2.27. The van der Waals surface area contributed by atoms with Crippen molar-refractivity contribution in [2.75, 3.05) is 14.2 Å². The van der Waals surface area contributed by atoms with Crippen molar-refractivity contribution >= 4 is 33.2 Å². The predicted octanol–water partition coefficient (Wildman–Crippen LogP) is 3.92. The van der Waals surface area contributed by atoms with E-state index in [9.17, 15) is 17.6 Å². The van der Waals surface area contributed by atoms with Crippen LogP contribution in [0.4, 0.5) is 4.39 Å². The number of allylic oxidation sites excluding steroid dienone is 2. The Morgan fingerprint density at radius 1 is 1.08 bits per heavy atom. The van der Waals surface area contributed by atoms with Crippen LogP contribution in [0.1, 0.15) is 35.7 Å². The van der Waals surface area contributed by atoms with E-state index in [1.54, 1.807) is 18.3 Å². The second-order valence-electron chi connectivity index (χ2n) is 8.43. The fourth-order valence-electron chi connectivity index (χ4n) is 4.33. The van der Waals surface area contributed by atoms with E-state index in [2.05, 4.69) is 10.3 Å². The number of rotatable bonds is 8. The van der Waals surface area contributed by atoms with Crippen LogP contribution >= 0.6 is 0 Å². The molecule has 0 fully saturated rings. The summed E-state index contributed by atoms with van der Waals surface area (Å²) in [6, 6.07) is 12.9. The van der Waals surface area contributed by atoms with E-state index in [-0.39, 0.29) is 35.3 Å². The predicted molar refractivity (Wildman–Crippen MR) is 138 cm³/mol. The fraction of sp³-hybridized carbons (Fsp3) is 0.185. The van der Waals surface area contributed by atoms with Crippen molar-refractivity contribution in [3.05, 3.63) is 88.5 Å². The topological polar surface area (TPSA) is 121 Å². The number of hydrogen-bond acceptors (Lipinski definition) is 6. The molecule has 1 aromatic heterocycles. The average Bonchev–Trinajstić information content (AvgIpc) is 3.11. The summed E-state index contributed by atoms with van der Waals surface area (Å²) in [5.74, 6) is -0.582. The number of aromatic nitrogens is 1. The van der Waals surface area contributed by atoms with Gasteiger partial charge in [-0.15, -0.1) is 0 Å². The molecule has 0 spiro atoms. The van der Waals surface area contributed by atoms with Crippen LogP contribution < -0.4 is 19.9 Å². The summed E-state index contributed by atoms with van der Waals surface area (Å²) in [5.41, 5.74) is 4.92. The molecule has 0 aliphatic heterocycles. The molecule has 1 heterocycles. The maximum absolute atomic E-state index is 14.2. The zero-order valence-electron chi connectivity index (χ0n) is 20.5. The molecule has 37 heavy (non-hydrogen) atoms. The largest absolute Gasteiger partial charge is 0.495 e. The molecule has 1 aliphatic carbocycles. The first-order chi connectivity index (χ1) is 17.6. The minimum atomic E-state index is -4.11. The van der Waals surface area contributed by atoms with Gasteiger partial charge in [0, 0.05) is 6.20 Å². The molecule has 0 radical (unpaired) electrons. The number of nitrogens with two attached hydrogens (primary N) is 1. The Morgan fingerprint density at radius 3 is 2.38 bits per heavy atom. The third kappa shape index (κ3) is 5.55. The van der Waals surface area contributed by atoms with Gasteiger partial charge in [-0.1, -0.05) is 12.1 Å². The summed E-state index contributed by atoms with van der Waals surface area (Å²) in [6.07, 6.45) is 3.51. The van der Waals surface area contributed by atoms with Crippen LogP contribution in [0.3, 0.4) is 0 Å². The van der Waals surface area contributed by atoms with Crippen molar-refractivity contribution in [1.82, 2.24) is 10.3 Å². The summed E-state index contributed by atoms with van der Waals surface area (Å²) in [4.78, 5) is 16.7. The van der Waals surface area contributed by atoms with Crippen LogP contribution in [0, 0.1) is 5.82 Å². The minimum absolute atomic E-state index is 0.0294. The lowest BCUT2D eigenvalue weighted by Gasteiger charge is -2.13. The van der Waals surface area contributed by atoms with E-state index in [1.165, 1.54) is 38.5 Å². The highest BCUT2D eigenvalue weighted by molar-refractivity contribution is 7.89.